The van der Waals surface area contributed by atoms with Gasteiger partial charge >= 0.3 is 0 Å². The molecular weight excluding hydrogens is 254 g/mol. The number of methoxy groups -OCH3 is 1. The average molecular weight is 279 g/mol. The van der Waals surface area contributed by atoms with Crippen molar-refractivity contribution in [3.8, 4) is 5.75 Å². The minimum absolute atomic E-state index is 0.120. The topological polar surface area (TPSA) is 39.7 Å². The van der Waals surface area contributed by atoms with Crippen LogP contribution in [0.5, 0.6) is 5.75 Å². The number of hydrogen-bond acceptors (Lipinski definition) is 4. The van der Waals surface area contributed by atoms with Crippen molar-refractivity contribution < 1.29 is 14.2 Å². The average Bonchev–Trinajstić information content (AvgIpc) is 2.94. The molecule has 0 bridgehead atoms. The first-order valence-corrected chi connectivity index (χ1v) is 7.28. The fourth-order valence-electron chi connectivity index (χ4n) is 2.66. The zero-order valence-corrected chi connectivity index (χ0v) is 12.9. The SMILES string of the molecule is CCNC(CC1OCCO1)c1ccc(C)c(C)c1OC. The van der Waals surface area contributed by atoms with Crippen molar-refractivity contribution in [1.82, 2.24) is 5.32 Å². The van der Waals surface area contributed by atoms with Gasteiger partial charge in [0, 0.05) is 18.0 Å². The van der Waals surface area contributed by atoms with Crippen LogP contribution in [0.4, 0.5) is 0 Å². The van der Waals surface area contributed by atoms with Crippen molar-refractivity contribution in [2.45, 2.75) is 39.5 Å². The molecule has 0 aliphatic carbocycles. The lowest BCUT2D eigenvalue weighted by molar-refractivity contribution is -0.0530. The molecule has 20 heavy (non-hydrogen) atoms. The highest BCUT2D eigenvalue weighted by Crippen LogP contribution is 2.33. The molecule has 2 rings (SSSR count). The fourth-order valence-corrected chi connectivity index (χ4v) is 2.66. The van der Waals surface area contributed by atoms with E-state index in [2.05, 4.69) is 38.2 Å². The molecule has 1 aliphatic heterocycles. The van der Waals surface area contributed by atoms with Gasteiger partial charge in [0.2, 0.25) is 0 Å². The van der Waals surface area contributed by atoms with Crippen LogP contribution in [0.3, 0.4) is 0 Å². The van der Waals surface area contributed by atoms with Gasteiger partial charge in [-0.3, -0.25) is 0 Å². The van der Waals surface area contributed by atoms with Crippen LogP contribution < -0.4 is 10.1 Å². The maximum atomic E-state index is 5.63. The molecule has 1 fully saturated rings. The second-order valence-corrected chi connectivity index (χ2v) is 5.15. The lowest BCUT2D eigenvalue weighted by Crippen LogP contribution is -2.26. The molecular formula is C16H25NO3. The van der Waals surface area contributed by atoms with E-state index in [1.807, 2.05) is 0 Å². The molecule has 1 atom stereocenters. The molecule has 1 aromatic rings. The molecule has 1 saturated heterocycles. The summed E-state index contributed by atoms with van der Waals surface area (Å²) >= 11 is 0. The molecule has 1 N–H and O–H groups in total. The summed E-state index contributed by atoms with van der Waals surface area (Å²) in [7, 11) is 1.73. The molecule has 4 nitrogen and oxygen atoms in total. The lowest BCUT2D eigenvalue weighted by atomic mass is 9.97. The van der Waals surface area contributed by atoms with Crippen molar-refractivity contribution in [2.75, 3.05) is 26.9 Å². The molecule has 0 saturated carbocycles. The quantitative estimate of drug-likeness (QED) is 0.869. The summed E-state index contributed by atoms with van der Waals surface area (Å²) in [5.41, 5.74) is 3.62. The highest BCUT2D eigenvalue weighted by Gasteiger charge is 2.25. The van der Waals surface area contributed by atoms with Crippen molar-refractivity contribution in [3.63, 3.8) is 0 Å². The van der Waals surface area contributed by atoms with E-state index in [1.54, 1.807) is 7.11 Å². The van der Waals surface area contributed by atoms with Gasteiger partial charge in [-0.25, -0.2) is 0 Å². The van der Waals surface area contributed by atoms with E-state index < -0.39 is 0 Å². The van der Waals surface area contributed by atoms with E-state index in [0.29, 0.717) is 13.2 Å². The van der Waals surface area contributed by atoms with E-state index in [0.717, 1.165) is 18.7 Å². The van der Waals surface area contributed by atoms with Crippen molar-refractivity contribution in [2.24, 2.45) is 0 Å². The number of hydrogen-bond donors (Lipinski definition) is 1. The Bertz CT molecular complexity index is 442. The van der Waals surface area contributed by atoms with E-state index in [-0.39, 0.29) is 12.3 Å². The summed E-state index contributed by atoms with van der Waals surface area (Å²) in [5.74, 6) is 0.967. The molecule has 0 amide bonds. The zero-order valence-electron chi connectivity index (χ0n) is 12.9. The molecule has 0 spiro atoms. The zero-order chi connectivity index (χ0) is 14.5. The van der Waals surface area contributed by atoms with Crippen LogP contribution in [0.15, 0.2) is 12.1 Å². The number of benzene rings is 1. The van der Waals surface area contributed by atoms with Gasteiger partial charge < -0.3 is 19.5 Å². The van der Waals surface area contributed by atoms with Crippen molar-refractivity contribution in [3.05, 3.63) is 28.8 Å². The molecule has 0 radical (unpaired) electrons. The molecule has 1 aliphatic rings. The third-order valence-electron chi connectivity index (χ3n) is 3.86. The Morgan fingerprint density at radius 2 is 2.00 bits per heavy atom. The Morgan fingerprint density at radius 1 is 1.30 bits per heavy atom. The third-order valence-corrected chi connectivity index (χ3v) is 3.86. The molecule has 112 valence electrons. The summed E-state index contributed by atoms with van der Waals surface area (Å²) < 4.78 is 16.8. The largest absolute Gasteiger partial charge is 0.496 e. The van der Waals surface area contributed by atoms with Gasteiger partial charge in [0.05, 0.1) is 20.3 Å². The van der Waals surface area contributed by atoms with Gasteiger partial charge in [-0.1, -0.05) is 19.1 Å². The summed E-state index contributed by atoms with van der Waals surface area (Å²) in [6, 6.07) is 4.47. The highest BCUT2D eigenvalue weighted by atomic mass is 16.7. The normalized spacial score (nSPS) is 17.4. The van der Waals surface area contributed by atoms with Crippen molar-refractivity contribution in [1.29, 1.82) is 0 Å². The van der Waals surface area contributed by atoms with Crippen LogP contribution >= 0.6 is 0 Å². The fraction of sp³-hybridized carbons (Fsp3) is 0.625. The minimum atomic E-state index is -0.120. The minimum Gasteiger partial charge on any atom is -0.496 e. The summed E-state index contributed by atoms with van der Waals surface area (Å²) in [4.78, 5) is 0. The highest BCUT2D eigenvalue weighted by molar-refractivity contribution is 5.46. The Labute approximate surface area is 121 Å². The number of ether oxygens (including phenoxy) is 3. The van der Waals surface area contributed by atoms with E-state index in [4.69, 9.17) is 14.2 Å². The molecule has 0 aromatic heterocycles. The molecule has 1 heterocycles. The monoisotopic (exact) mass is 279 g/mol. The Morgan fingerprint density at radius 3 is 2.60 bits per heavy atom. The third kappa shape index (κ3) is 3.32. The number of aryl methyl sites for hydroxylation is 1. The molecule has 1 unspecified atom stereocenters. The number of rotatable bonds is 6. The van der Waals surface area contributed by atoms with Crippen LogP contribution in [0.25, 0.3) is 0 Å². The van der Waals surface area contributed by atoms with Crippen LogP contribution in [-0.4, -0.2) is 33.2 Å². The smallest absolute Gasteiger partial charge is 0.159 e. The molecule has 1 aromatic carbocycles. The van der Waals surface area contributed by atoms with Crippen LogP contribution in [-0.2, 0) is 9.47 Å². The lowest BCUT2D eigenvalue weighted by Gasteiger charge is -2.24. The Kier molecular flexibility index (Phi) is 5.40. The molecule has 4 heteroatoms. The first-order chi connectivity index (χ1) is 9.67. The first kappa shape index (κ1) is 15.3. The predicted octanol–water partition coefficient (Wildman–Crippen LogP) is 2.73. The summed E-state index contributed by atoms with van der Waals surface area (Å²) in [5, 5.41) is 3.51. The van der Waals surface area contributed by atoms with Gasteiger partial charge in [-0.05, 0) is 31.5 Å². The van der Waals surface area contributed by atoms with Gasteiger partial charge in [-0.15, -0.1) is 0 Å². The summed E-state index contributed by atoms with van der Waals surface area (Å²) in [6.45, 7) is 8.59. The standard InChI is InChI=1S/C16H25NO3/c1-5-17-14(10-15-19-8-9-20-15)13-7-6-11(2)12(3)16(13)18-4/h6-7,14-15,17H,5,8-10H2,1-4H3. The van der Waals surface area contributed by atoms with E-state index in [9.17, 15) is 0 Å². The van der Waals surface area contributed by atoms with Crippen LogP contribution in [0.2, 0.25) is 0 Å². The first-order valence-electron chi connectivity index (χ1n) is 7.28. The van der Waals surface area contributed by atoms with Crippen molar-refractivity contribution >= 4 is 0 Å². The van der Waals surface area contributed by atoms with Crippen LogP contribution in [0.1, 0.15) is 36.1 Å². The Hall–Kier alpha value is -1.10. The van der Waals surface area contributed by atoms with Crippen LogP contribution in [0, 0.1) is 13.8 Å². The Balaban J connectivity index is 2.25. The second-order valence-electron chi connectivity index (χ2n) is 5.15. The number of nitrogens with one attached hydrogen (secondary N) is 1. The summed E-state index contributed by atoms with van der Waals surface area (Å²) in [6.07, 6.45) is 0.678. The van der Waals surface area contributed by atoms with Gasteiger partial charge in [-0.2, -0.15) is 0 Å². The maximum absolute atomic E-state index is 5.63. The second kappa shape index (κ2) is 7.07. The van der Waals surface area contributed by atoms with Gasteiger partial charge in [0.1, 0.15) is 5.75 Å². The van der Waals surface area contributed by atoms with E-state index in [1.165, 1.54) is 16.7 Å². The van der Waals surface area contributed by atoms with E-state index >= 15 is 0 Å². The van der Waals surface area contributed by atoms with Gasteiger partial charge in [0.15, 0.2) is 6.29 Å². The maximum Gasteiger partial charge on any atom is 0.159 e. The predicted molar refractivity (Wildman–Crippen MR) is 79.2 cm³/mol. The van der Waals surface area contributed by atoms with Gasteiger partial charge in [0.25, 0.3) is 0 Å².